The average molecular weight is 410 g/mol. The predicted molar refractivity (Wildman–Crippen MR) is 123 cm³/mol. The number of ether oxygens (including phenoxy) is 2. The van der Waals surface area contributed by atoms with E-state index in [-0.39, 0.29) is 12.2 Å². The van der Waals surface area contributed by atoms with Crippen LogP contribution in [0, 0.1) is 5.92 Å². The van der Waals surface area contributed by atoms with Gasteiger partial charge in [-0.1, -0.05) is 60.7 Å². The highest BCUT2D eigenvalue weighted by atomic mass is 16.5. The van der Waals surface area contributed by atoms with E-state index < -0.39 is 0 Å². The van der Waals surface area contributed by atoms with Gasteiger partial charge in [-0.05, 0) is 37.3 Å². The van der Waals surface area contributed by atoms with Gasteiger partial charge in [-0.15, -0.1) is 0 Å². The summed E-state index contributed by atoms with van der Waals surface area (Å²) in [6.45, 7) is 5.32. The standard InChI is InChI=1S/C25H35N3O2/c1-20(21-11-5-3-6-12-21)29-18-10-16-27-25(26-2)28-19-23-15-9-17-30-24(23)22-13-7-4-8-14-22/h3-8,11-14,20,23-24H,9-10,15-19H2,1-2H3,(H2,26,27,28). The topological polar surface area (TPSA) is 54.9 Å². The molecule has 0 aromatic heterocycles. The van der Waals surface area contributed by atoms with Crippen LogP contribution in [0.4, 0.5) is 0 Å². The fraction of sp³-hybridized carbons (Fsp3) is 0.480. The third-order valence-corrected chi connectivity index (χ3v) is 5.58. The molecule has 0 bridgehead atoms. The quantitative estimate of drug-likeness (QED) is 0.364. The van der Waals surface area contributed by atoms with Crippen LogP contribution in [-0.4, -0.2) is 39.3 Å². The van der Waals surface area contributed by atoms with E-state index in [1.165, 1.54) is 11.1 Å². The summed E-state index contributed by atoms with van der Waals surface area (Å²) in [4.78, 5) is 4.36. The maximum atomic E-state index is 6.10. The Labute approximate surface area is 180 Å². The van der Waals surface area contributed by atoms with E-state index in [0.29, 0.717) is 12.5 Å². The second kappa shape index (κ2) is 12.4. The van der Waals surface area contributed by atoms with E-state index in [2.05, 4.69) is 65.0 Å². The Hall–Kier alpha value is -2.37. The molecule has 0 aliphatic carbocycles. The molecule has 30 heavy (non-hydrogen) atoms. The molecule has 2 aromatic rings. The lowest BCUT2D eigenvalue weighted by Crippen LogP contribution is -2.42. The highest BCUT2D eigenvalue weighted by Gasteiger charge is 2.27. The number of guanidine groups is 1. The van der Waals surface area contributed by atoms with Gasteiger partial charge in [0.25, 0.3) is 0 Å². The van der Waals surface area contributed by atoms with Gasteiger partial charge in [-0.3, -0.25) is 4.99 Å². The van der Waals surface area contributed by atoms with Crippen LogP contribution in [0.5, 0.6) is 0 Å². The van der Waals surface area contributed by atoms with Crippen LogP contribution in [0.1, 0.15) is 49.5 Å². The van der Waals surface area contributed by atoms with Crippen molar-refractivity contribution in [3.8, 4) is 0 Å². The van der Waals surface area contributed by atoms with Gasteiger partial charge >= 0.3 is 0 Å². The van der Waals surface area contributed by atoms with Crippen LogP contribution in [0.25, 0.3) is 0 Å². The van der Waals surface area contributed by atoms with Crippen molar-refractivity contribution in [2.75, 3.05) is 33.4 Å². The lowest BCUT2D eigenvalue weighted by molar-refractivity contribution is -0.0265. The molecule has 1 aliphatic rings. The van der Waals surface area contributed by atoms with Crippen LogP contribution in [0.15, 0.2) is 65.7 Å². The van der Waals surface area contributed by atoms with Gasteiger partial charge in [0.2, 0.25) is 0 Å². The molecule has 5 heteroatoms. The van der Waals surface area contributed by atoms with E-state index in [4.69, 9.17) is 9.47 Å². The Morgan fingerprint density at radius 2 is 1.83 bits per heavy atom. The minimum Gasteiger partial charge on any atom is -0.374 e. The number of hydrogen-bond acceptors (Lipinski definition) is 3. The van der Waals surface area contributed by atoms with Gasteiger partial charge in [0.15, 0.2) is 5.96 Å². The fourth-order valence-corrected chi connectivity index (χ4v) is 3.87. The third-order valence-electron chi connectivity index (χ3n) is 5.58. The van der Waals surface area contributed by atoms with Crippen molar-refractivity contribution in [1.29, 1.82) is 0 Å². The average Bonchev–Trinajstić information content (AvgIpc) is 2.82. The Morgan fingerprint density at radius 1 is 1.10 bits per heavy atom. The van der Waals surface area contributed by atoms with E-state index in [1.54, 1.807) is 0 Å². The van der Waals surface area contributed by atoms with Crippen LogP contribution < -0.4 is 10.6 Å². The molecule has 0 radical (unpaired) electrons. The van der Waals surface area contributed by atoms with E-state index in [1.807, 2.05) is 25.2 Å². The highest BCUT2D eigenvalue weighted by molar-refractivity contribution is 5.79. The number of hydrogen-bond donors (Lipinski definition) is 2. The molecule has 0 amide bonds. The van der Waals surface area contributed by atoms with Crippen molar-refractivity contribution in [1.82, 2.24) is 10.6 Å². The summed E-state index contributed by atoms with van der Waals surface area (Å²) in [5.41, 5.74) is 2.47. The van der Waals surface area contributed by atoms with Crippen LogP contribution in [-0.2, 0) is 9.47 Å². The molecule has 0 saturated carbocycles. The van der Waals surface area contributed by atoms with Crippen LogP contribution in [0.2, 0.25) is 0 Å². The van der Waals surface area contributed by atoms with E-state index >= 15 is 0 Å². The Morgan fingerprint density at radius 3 is 2.57 bits per heavy atom. The zero-order valence-electron chi connectivity index (χ0n) is 18.2. The SMILES string of the molecule is CN=C(NCCCOC(C)c1ccccc1)NCC1CCCOC1c1ccccc1. The monoisotopic (exact) mass is 409 g/mol. The third kappa shape index (κ3) is 6.85. The molecule has 3 unspecified atom stereocenters. The Balaban J connectivity index is 1.37. The van der Waals surface area contributed by atoms with Crippen molar-refractivity contribution in [3.63, 3.8) is 0 Å². The molecule has 1 aliphatic heterocycles. The van der Waals surface area contributed by atoms with Crippen LogP contribution >= 0.6 is 0 Å². The van der Waals surface area contributed by atoms with Crippen molar-refractivity contribution in [2.45, 2.75) is 38.4 Å². The molecule has 2 N–H and O–H groups in total. The minimum atomic E-state index is 0.116. The molecule has 0 spiro atoms. The Kier molecular flexibility index (Phi) is 9.19. The smallest absolute Gasteiger partial charge is 0.190 e. The maximum absolute atomic E-state index is 6.10. The lowest BCUT2D eigenvalue weighted by atomic mass is 9.89. The molecule has 1 heterocycles. The summed E-state index contributed by atoms with van der Waals surface area (Å²) in [5.74, 6) is 1.28. The zero-order valence-corrected chi connectivity index (χ0v) is 18.2. The predicted octanol–water partition coefficient (Wildman–Crippen LogP) is 4.49. The van der Waals surface area contributed by atoms with Gasteiger partial charge in [0, 0.05) is 39.3 Å². The highest BCUT2D eigenvalue weighted by Crippen LogP contribution is 2.33. The molecule has 1 fully saturated rings. The summed E-state index contributed by atoms with van der Waals surface area (Å²) in [5, 5.41) is 6.88. The van der Waals surface area contributed by atoms with Gasteiger partial charge in [-0.2, -0.15) is 0 Å². The minimum absolute atomic E-state index is 0.116. The summed E-state index contributed by atoms with van der Waals surface area (Å²) in [7, 11) is 1.81. The molecular formula is C25H35N3O2. The van der Waals surface area contributed by atoms with Crippen molar-refractivity contribution in [3.05, 3.63) is 71.8 Å². The second-order valence-electron chi connectivity index (χ2n) is 7.76. The summed E-state index contributed by atoms with van der Waals surface area (Å²) in [6, 6.07) is 20.9. The first-order valence-corrected chi connectivity index (χ1v) is 11.1. The van der Waals surface area contributed by atoms with E-state index in [9.17, 15) is 0 Å². The van der Waals surface area contributed by atoms with Crippen molar-refractivity contribution in [2.24, 2.45) is 10.9 Å². The Bertz CT molecular complexity index is 752. The second-order valence-corrected chi connectivity index (χ2v) is 7.76. The first-order valence-electron chi connectivity index (χ1n) is 11.1. The van der Waals surface area contributed by atoms with Crippen molar-refractivity contribution >= 4 is 5.96 Å². The number of nitrogens with one attached hydrogen (secondary N) is 2. The first-order chi connectivity index (χ1) is 14.8. The molecular weight excluding hydrogens is 374 g/mol. The number of aliphatic imine (C=N–C) groups is 1. The maximum Gasteiger partial charge on any atom is 0.190 e. The molecule has 1 saturated heterocycles. The van der Waals surface area contributed by atoms with Gasteiger partial charge in [0.05, 0.1) is 12.2 Å². The summed E-state index contributed by atoms with van der Waals surface area (Å²) >= 11 is 0. The first kappa shape index (κ1) is 22.3. The molecule has 3 atom stereocenters. The largest absolute Gasteiger partial charge is 0.374 e. The molecule has 162 valence electrons. The fourth-order valence-electron chi connectivity index (χ4n) is 3.87. The molecule has 5 nitrogen and oxygen atoms in total. The normalized spacial score (nSPS) is 20.5. The number of benzene rings is 2. The zero-order chi connectivity index (χ0) is 21.0. The molecule has 3 rings (SSSR count). The summed E-state index contributed by atoms with van der Waals surface area (Å²) < 4.78 is 12.0. The van der Waals surface area contributed by atoms with Gasteiger partial charge in [-0.25, -0.2) is 0 Å². The number of nitrogens with zero attached hydrogens (tertiary/aromatic N) is 1. The van der Waals surface area contributed by atoms with Gasteiger partial charge < -0.3 is 20.1 Å². The van der Waals surface area contributed by atoms with Crippen molar-refractivity contribution < 1.29 is 9.47 Å². The van der Waals surface area contributed by atoms with Gasteiger partial charge in [0.1, 0.15) is 0 Å². The van der Waals surface area contributed by atoms with E-state index in [0.717, 1.165) is 44.9 Å². The van der Waals surface area contributed by atoms with Crippen LogP contribution in [0.3, 0.4) is 0 Å². The summed E-state index contributed by atoms with van der Waals surface area (Å²) in [6.07, 6.45) is 3.47. The lowest BCUT2D eigenvalue weighted by Gasteiger charge is -2.32. The number of rotatable bonds is 9. The molecule has 2 aromatic carbocycles.